The number of nitrogens with zero attached hydrogens (tertiary/aromatic N) is 4. The predicted octanol–water partition coefficient (Wildman–Crippen LogP) is 5.23. The molecule has 0 radical (unpaired) electrons. The summed E-state index contributed by atoms with van der Waals surface area (Å²) in [6.45, 7) is 2.04. The molecule has 2 heterocycles. The van der Waals surface area contributed by atoms with Crippen molar-refractivity contribution in [2.75, 3.05) is 23.1 Å². The maximum atomic E-state index is 12.8. The highest BCUT2D eigenvalue weighted by molar-refractivity contribution is 8.01. The van der Waals surface area contributed by atoms with Crippen LogP contribution in [0.1, 0.15) is 28.9 Å². The molecule has 164 valence electrons. The van der Waals surface area contributed by atoms with Crippen LogP contribution in [0.15, 0.2) is 64.6 Å². The van der Waals surface area contributed by atoms with Crippen molar-refractivity contribution in [2.45, 2.75) is 22.8 Å². The van der Waals surface area contributed by atoms with E-state index in [1.165, 1.54) is 4.90 Å². The van der Waals surface area contributed by atoms with Crippen molar-refractivity contribution in [2.24, 2.45) is 7.05 Å². The molecule has 2 aromatic carbocycles. The molecule has 32 heavy (non-hydrogen) atoms. The third-order valence-corrected chi connectivity index (χ3v) is 6.80. The van der Waals surface area contributed by atoms with Gasteiger partial charge in [0, 0.05) is 28.1 Å². The van der Waals surface area contributed by atoms with Gasteiger partial charge in [0.15, 0.2) is 5.65 Å². The van der Waals surface area contributed by atoms with E-state index < -0.39 is 0 Å². The summed E-state index contributed by atoms with van der Waals surface area (Å²) in [6.07, 6.45) is 7.45. The zero-order valence-electron chi connectivity index (χ0n) is 18.3. The first-order valence-electron chi connectivity index (χ1n) is 10.0. The van der Waals surface area contributed by atoms with Crippen molar-refractivity contribution in [3.8, 4) is 0 Å². The molecule has 4 aromatic rings. The van der Waals surface area contributed by atoms with E-state index in [0.29, 0.717) is 11.4 Å². The standard InChI is InChI=1S/C23H24N6OS2/c1-14(26-21-13-24-18-12-25-29(2)22(18)28-21)15-6-5-7-17(10-15)27-23(30)16-8-9-19(31-3)20(11-16)32-4/h5-14H,1-4H3,(H,26,28)(H,27,30)/t14-/m0/s1. The quantitative estimate of drug-likeness (QED) is 0.362. The first kappa shape index (κ1) is 22.2. The lowest BCUT2D eigenvalue weighted by Gasteiger charge is -2.16. The highest BCUT2D eigenvalue weighted by Crippen LogP contribution is 2.29. The molecule has 7 nitrogen and oxygen atoms in total. The van der Waals surface area contributed by atoms with E-state index in [1.807, 2.05) is 68.9 Å². The van der Waals surface area contributed by atoms with Crippen LogP contribution in [0, 0.1) is 0 Å². The topological polar surface area (TPSA) is 84.7 Å². The number of thioether (sulfide) groups is 2. The van der Waals surface area contributed by atoms with E-state index >= 15 is 0 Å². The summed E-state index contributed by atoms with van der Waals surface area (Å²) in [7, 11) is 1.84. The molecule has 2 aromatic heterocycles. The van der Waals surface area contributed by atoms with E-state index in [9.17, 15) is 4.79 Å². The molecule has 4 rings (SSSR count). The van der Waals surface area contributed by atoms with Crippen molar-refractivity contribution in [1.82, 2.24) is 19.7 Å². The molecule has 0 aliphatic carbocycles. The minimum atomic E-state index is -0.127. The molecule has 2 N–H and O–H groups in total. The van der Waals surface area contributed by atoms with Gasteiger partial charge in [0.25, 0.3) is 5.91 Å². The van der Waals surface area contributed by atoms with E-state index in [-0.39, 0.29) is 11.9 Å². The minimum absolute atomic E-state index is 0.0317. The third-order valence-electron chi connectivity index (χ3n) is 5.10. The number of hydrogen-bond acceptors (Lipinski definition) is 7. The second-order valence-electron chi connectivity index (χ2n) is 7.25. The number of nitrogens with one attached hydrogen (secondary N) is 2. The summed E-state index contributed by atoms with van der Waals surface area (Å²) in [5.74, 6) is 0.541. The number of carbonyl (C=O) groups is 1. The van der Waals surface area contributed by atoms with Crippen LogP contribution < -0.4 is 10.6 Å². The van der Waals surface area contributed by atoms with Crippen LogP contribution in [0.3, 0.4) is 0 Å². The zero-order chi connectivity index (χ0) is 22.7. The average molecular weight is 465 g/mol. The lowest BCUT2D eigenvalue weighted by molar-refractivity contribution is 0.102. The number of amides is 1. The number of aryl methyl sites for hydroxylation is 1. The summed E-state index contributed by atoms with van der Waals surface area (Å²) in [5, 5.41) is 10.6. The number of hydrogen-bond donors (Lipinski definition) is 2. The minimum Gasteiger partial charge on any atom is -0.362 e. The molecule has 0 aliphatic heterocycles. The van der Waals surface area contributed by atoms with Crippen LogP contribution in [-0.2, 0) is 7.05 Å². The van der Waals surface area contributed by atoms with Gasteiger partial charge in [0.2, 0.25) is 0 Å². The van der Waals surface area contributed by atoms with Gasteiger partial charge in [-0.25, -0.2) is 14.6 Å². The fourth-order valence-corrected chi connectivity index (χ4v) is 4.83. The second kappa shape index (κ2) is 9.62. The van der Waals surface area contributed by atoms with Gasteiger partial charge in [0.1, 0.15) is 11.3 Å². The van der Waals surface area contributed by atoms with Gasteiger partial charge < -0.3 is 10.6 Å². The molecular weight excluding hydrogens is 440 g/mol. The Bertz CT molecular complexity index is 1270. The monoisotopic (exact) mass is 464 g/mol. The Labute approximate surface area is 195 Å². The van der Waals surface area contributed by atoms with Crippen molar-refractivity contribution in [3.63, 3.8) is 0 Å². The molecule has 9 heteroatoms. The summed E-state index contributed by atoms with van der Waals surface area (Å²) in [6, 6.07) is 13.6. The maximum absolute atomic E-state index is 12.8. The van der Waals surface area contributed by atoms with Crippen LogP contribution >= 0.6 is 23.5 Å². The maximum Gasteiger partial charge on any atom is 0.255 e. The van der Waals surface area contributed by atoms with E-state index in [2.05, 4.69) is 25.7 Å². The molecule has 0 saturated carbocycles. The number of benzene rings is 2. The Morgan fingerprint density at radius 1 is 1.06 bits per heavy atom. The highest BCUT2D eigenvalue weighted by atomic mass is 32.2. The SMILES string of the molecule is CSc1ccc(C(=O)Nc2cccc([C@H](C)Nc3cnc4cnn(C)c4n3)c2)cc1SC. The Kier molecular flexibility index (Phi) is 6.66. The summed E-state index contributed by atoms with van der Waals surface area (Å²) >= 11 is 3.32. The lowest BCUT2D eigenvalue weighted by Crippen LogP contribution is -2.13. The number of carbonyl (C=O) groups excluding carboxylic acids is 1. The normalized spacial score (nSPS) is 12.0. The molecule has 1 amide bonds. The van der Waals surface area contributed by atoms with E-state index in [4.69, 9.17) is 0 Å². The highest BCUT2D eigenvalue weighted by Gasteiger charge is 2.12. The number of aromatic nitrogens is 4. The summed E-state index contributed by atoms with van der Waals surface area (Å²) in [4.78, 5) is 24.1. The van der Waals surface area contributed by atoms with Gasteiger partial charge >= 0.3 is 0 Å². The van der Waals surface area contributed by atoms with Crippen molar-refractivity contribution in [1.29, 1.82) is 0 Å². The lowest BCUT2D eigenvalue weighted by atomic mass is 10.1. The summed E-state index contributed by atoms with van der Waals surface area (Å²) in [5.41, 5.74) is 3.89. The van der Waals surface area contributed by atoms with E-state index in [0.717, 1.165) is 27.3 Å². The van der Waals surface area contributed by atoms with Crippen LogP contribution in [0.5, 0.6) is 0 Å². The fourth-order valence-electron chi connectivity index (χ4n) is 3.36. The Morgan fingerprint density at radius 2 is 1.88 bits per heavy atom. The number of rotatable bonds is 7. The van der Waals surface area contributed by atoms with Crippen LogP contribution in [0.2, 0.25) is 0 Å². The molecule has 0 unspecified atom stereocenters. The Morgan fingerprint density at radius 3 is 2.66 bits per heavy atom. The van der Waals surface area contributed by atoms with Crippen LogP contribution in [0.4, 0.5) is 11.5 Å². The van der Waals surface area contributed by atoms with Crippen molar-refractivity contribution in [3.05, 3.63) is 66.0 Å². The molecule has 0 saturated heterocycles. The fraction of sp³-hybridized carbons (Fsp3) is 0.217. The molecule has 0 aliphatic rings. The average Bonchev–Trinajstić information content (AvgIpc) is 3.18. The largest absolute Gasteiger partial charge is 0.362 e. The van der Waals surface area contributed by atoms with Crippen LogP contribution in [0.25, 0.3) is 11.2 Å². The van der Waals surface area contributed by atoms with Gasteiger partial charge in [-0.3, -0.25) is 4.79 Å². The third kappa shape index (κ3) is 4.73. The summed E-state index contributed by atoms with van der Waals surface area (Å²) < 4.78 is 1.70. The van der Waals surface area contributed by atoms with Crippen molar-refractivity contribution >= 4 is 52.1 Å². The molecular formula is C23H24N6OS2. The van der Waals surface area contributed by atoms with Gasteiger partial charge in [0.05, 0.1) is 18.4 Å². The van der Waals surface area contributed by atoms with Gasteiger partial charge in [-0.2, -0.15) is 5.10 Å². The first-order chi connectivity index (χ1) is 15.5. The smallest absolute Gasteiger partial charge is 0.255 e. The Hall–Kier alpha value is -3.04. The second-order valence-corrected chi connectivity index (χ2v) is 8.94. The van der Waals surface area contributed by atoms with Gasteiger partial charge in [-0.1, -0.05) is 12.1 Å². The Balaban J connectivity index is 1.48. The molecule has 1 atom stereocenters. The predicted molar refractivity (Wildman–Crippen MR) is 133 cm³/mol. The van der Waals surface area contributed by atoms with Crippen LogP contribution in [-0.4, -0.2) is 38.2 Å². The molecule has 0 bridgehead atoms. The van der Waals surface area contributed by atoms with Gasteiger partial charge in [-0.15, -0.1) is 23.5 Å². The number of fused-ring (bicyclic) bond motifs is 1. The molecule has 0 spiro atoms. The number of anilines is 2. The molecule has 0 fully saturated rings. The van der Waals surface area contributed by atoms with E-state index in [1.54, 1.807) is 40.6 Å². The first-order valence-corrected chi connectivity index (χ1v) is 12.5. The van der Waals surface area contributed by atoms with Crippen molar-refractivity contribution < 1.29 is 4.79 Å². The zero-order valence-corrected chi connectivity index (χ0v) is 19.9. The van der Waals surface area contributed by atoms with Gasteiger partial charge in [-0.05, 0) is 55.3 Å².